The molecule has 11 heteroatoms. The lowest BCUT2D eigenvalue weighted by atomic mass is 10.0. The summed E-state index contributed by atoms with van der Waals surface area (Å²) in [5.74, 6) is -0.0287. The van der Waals surface area contributed by atoms with Crippen molar-refractivity contribution in [1.29, 1.82) is 0 Å². The molecule has 9 nitrogen and oxygen atoms in total. The van der Waals surface area contributed by atoms with Crippen LogP contribution in [0, 0.1) is 0 Å². The Kier molecular flexibility index (Phi) is 11.7. The Balaban J connectivity index is 1.23. The molecule has 0 saturated carbocycles. The standard InChI is InChI=1S/C40H39N3O6S2/c1-4-49-40(46)35-31-20-21-43(24-26-12-7-5-8-13-26)25-34(31)51-39(35)42-38(45)36(27-14-9-6-10-15-27)50-30-17-11-16-29(23-30)41-37(44)28-18-19-32(47-2)33(22-28)48-3/h5-19,22-23,36H,4,20-21,24-25H2,1-3H3,(H,41,44)(H,42,45). The Bertz CT molecular complexity index is 2000. The van der Waals surface area contributed by atoms with Crippen LogP contribution in [0.4, 0.5) is 10.7 Å². The molecule has 2 amide bonds. The highest BCUT2D eigenvalue weighted by atomic mass is 32.2. The minimum Gasteiger partial charge on any atom is -0.493 e. The normalized spacial score (nSPS) is 13.1. The highest BCUT2D eigenvalue weighted by molar-refractivity contribution is 8.00. The molecule has 0 fully saturated rings. The zero-order chi connectivity index (χ0) is 35.7. The van der Waals surface area contributed by atoms with Gasteiger partial charge in [-0.2, -0.15) is 0 Å². The number of hydrogen-bond acceptors (Lipinski definition) is 9. The average Bonchev–Trinajstić information content (AvgIpc) is 3.51. The largest absolute Gasteiger partial charge is 0.493 e. The molecule has 0 aliphatic carbocycles. The van der Waals surface area contributed by atoms with Gasteiger partial charge in [0.25, 0.3) is 5.91 Å². The molecular formula is C40H39N3O6S2. The summed E-state index contributed by atoms with van der Waals surface area (Å²) in [4.78, 5) is 44.9. The van der Waals surface area contributed by atoms with E-state index in [0.29, 0.717) is 46.3 Å². The van der Waals surface area contributed by atoms with Crippen molar-refractivity contribution < 1.29 is 28.6 Å². The highest BCUT2D eigenvalue weighted by Gasteiger charge is 2.31. The highest BCUT2D eigenvalue weighted by Crippen LogP contribution is 2.41. The van der Waals surface area contributed by atoms with Crippen LogP contribution in [-0.4, -0.2) is 50.1 Å². The van der Waals surface area contributed by atoms with Gasteiger partial charge in [-0.15, -0.1) is 23.1 Å². The topological polar surface area (TPSA) is 106 Å². The van der Waals surface area contributed by atoms with Crippen LogP contribution in [0.5, 0.6) is 11.5 Å². The quantitative estimate of drug-likeness (QED) is 0.0926. The predicted molar refractivity (Wildman–Crippen MR) is 202 cm³/mol. The van der Waals surface area contributed by atoms with Crippen LogP contribution in [0.1, 0.15) is 54.5 Å². The van der Waals surface area contributed by atoms with Gasteiger partial charge in [-0.25, -0.2) is 4.79 Å². The van der Waals surface area contributed by atoms with Crippen molar-refractivity contribution in [2.75, 3.05) is 38.0 Å². The van der Waals surface area contributed by atoms with Crippen molar-refractivity contribution in [1.82, 2.24) is 4.90 Å². The smallest absolute Gasteiger partial charge is 0.341 e. The fourth-order valence-electron chi connectivity index (χ4n) is 5.98. The Morgan fingerprint density at radius 2 is 1.61 bits per heavy atom. The third-order valence-corrected chi connectivity index (χ3v) is 10.8. The predicted octanol–water partition coefficient (Wildman–Crippen LogP) is 8.22. The fourth-order valence-corrected chi connectivity index (χ4v) is 8.35. The Morgan fingerprint density at radius 1 is 0.863 bits per heavy atom. The van der Waals surface area contributed by atoms with Crippen molar-refractivity contribution in [2.45, 2.75) is 36.6 Å². The third kappa shape index (κ3) is 8.62. The van der Waals surface area contributed by atoms with E-state index < -0.39 is 11.2 Å². The minimum atomic E-state index is -0.660. The van der Waals surface area contributed by atoms with Gasteiger partial charge in [-0.3, -0.25) is 14.5 Å². The lowest BCUT2D eigenvalue weighted by Gasteiger charge is -2.27. The number of carbonyl (C=O) groups excluding carboxylic acids is 3. The van der Waals surface area contributed by atoms with Gasteiger partial charge in [0.15, 0.2) is 11.5 Å². The SMILES string of the molecule is CCOC(=O)c1c(NC(=O)C(Sc2cccc(NC(=O)c3ccc(OC)c(OC)c3)c2)c2ccccc2)sc2c1CCN(Cc1ccccc1)C2. The summed E-state index contributed by atoms with van der Waals surface area (Å²) in [5.41, 5.74) is 4.40. The number of carbonyl (C=O) groups is 3. The van der Waals surface area contributed by atoms with Gasteiger partial charge in [0.05, 0.1) is 26.4 Å². The van der Waals surface area contributed by atoms with Gasteiger partial charge in [0.2, 0.25) is 5.91 Å². The van der Waals surface area contributed by atoms with Crippen molar-refractivity contribution in [3.63, 3.8) is 0 Å². The minimum absolute atomic E-state index is 0.234. The second kappa shape index (κ2) is 16.7. The average molecular weight is 722 g/mol. The second-order valence-electron chi connectivity index (χ2n) is 11.8. The number of ether oxygens (including phenoxy) is 3. The molecule has 1 aromatic heterocycles. The van der Waals surface area contributed by atoms with Gasteiger partial charge in [0, 0.05) is 40.7 Å². The van der Waals surface area contributed by atoms with Gasteiger partial charge in [-0.05, 0) is 66.4 Å². The van der Waals surface area contributed by atoms with Crippen molar-refractivity contribution in [2.24, 2.45) is 0 Å². The van der Waals surface area contributed by atoms with E-state index in [9.17, 15) is 14.4 Å². The summed E-state index contributed by atoms with van der Waals surface area (Å²) < 4.78 is 16.1. The summed E-state index contributed by atoms with van der Waals surface area (Å²) in [7, 11) is 3.06. The Labute approximate surface area is 305 Å². The number of esters is 1. The first-order valence-corrected chi connectivity index (χ1v) is 18.3. The maximum atomic E-state index is 14.2. The van der Waals surface area contributed by atoms with Gasteiger partial charge < -0.3 is 24.8 Å². The number of amides is 2. The van der Waals surface area contributed by atoms with E-state index in [2.05, 4.69) is 27.7 Å². The zero-order valence-electron chi connectivity index (χ0n) is 28.6. The van der Waals surface area contributed by atoms with Gasteiger partial charge in [0.1, 0.15) is 10.3 Å². The molecule has 0 saturated heterocycles. The molecule has 262 valence electrons. The number of anilines is 2. The molecular weight excluding hydrogens is 683 g/mol. The Morgan fingerprint density at radius 3 is 2.33 bits per heavy atom. The number of thiophene rings is 1. The van der Waals surface area contributed by atoms with Crippen LogP contribution < -0.4 is 20.1 Å². The van der Waals surface area contributed by atoms with Crippen LogP contribution in [-0.2, 0) is 29.0 Å². The first kappa shape index (κ1) is 35.7. The van der Waals surface area contributed by atoms with Crippen LogP contribution in [0.25, 0.3) is 0 Å². The lowest BCUT2D eigenvalue weighted by molar-refractivity contribution is -0.115. The Hall–Kier alpha value is -5.10. The maximum Gasteiger partial charge on any atom is 0.341 e. The lowest BCUT2D eigenvalue weighted by Crippen LogP contribution is -2.30. The first-order chi connectivity index (χ1) is 24.9. The van der Waals surface area contributed by atoms with Gasteiger partial charge in [-0.1, -0.05) is 66.7 Å². The summed E-state index contributed by atoms with van der Waals surface area (Å²) >= 11 is 2.80. The van der Waals surface area contributed by atoms with Crippen molar-refractivity contribution in [3.8, 4) is 11.5 Å². The van der Waals surface area contributed by atoms with E-state index >= 15 is 0 Å². The van der Waals surface area contributed by atoms with Crippen LogP contribution >= 0.6 is 23.1 Å². The number of hydrogen-bond donors (Lipinski definition) is 2. The van der Waals surface area contributed by atoms with Crippen LogP contribution in [0.2, 0.25) is 0 Å². The molecule has 2 heterocycles. The molecule has 0 bridgehead atoms. The molecule has 4 aromatic carbocycles. The zero-order valence-corrected chi connectivity index (χ0v) is 30.3. The summed E-state index contributed by atoms with van der Waals surface area (Å²) in [6, 6.07) is 32.2. The second-order valence-corrected chi connectivity index (χ2v) is 14.1. The number of thioether (sulfide) groups is 1. The molecule has 6 rings (SSSR count). The first-order valence-electron chi connectivity index (χ1n) is 16.6. The third-order valence-electron chi connectivity index (χ3n) is 8.43. The molecule has 5 aromatic rings. The van der Waals surface area contributed by atoms with E-state index in [1.54, 1.807) is 31.2 Å². The summed E-state index contributed by atoms with van der Waals surface area (Å²) in [5, 5.41) is 5.91. The van der Waals surface area contributed by atoms with Gasteiger partial charge >= 0.3 is 5.97 Å². The van der Waals surface area contributed by atoms with Crippen molar-refractivity contribution >= 4 is 51.6 Å². The van der Waals surface area contributed by atoms with E-state index in [4.69, 9.17) is 14.2 Å². The molecule has 1 aliphatic rings. The van der Waals surface area contributed by atoms with E-state index in [1.807, 2.05) is 66.7 Å². The summed E-state index contributed by atoms with van der Waals surface area (Å²) in [6.07, 6.45) is 0.682. The summed E-state index contributed by atoms with van der Waals surface area (Å²) in [6.45, 7) is 4.28. The fraction of sp³-hybridized carbons (Fsp3) is 0.225. The number of nitrogens with zero attached hydrogens (tertiary/aromatic N) is 1. The molecule has 1 aliphatic heterocycles. The van der Waals surface area contributed by atoms with Crippen molar-refractivity contribution in [3.05, 3.63) is 136 Å². The molecule has 0 radical (unpaired) electrons. The van der Waals surface area contributed by atoms with E-state index in [0.717, 1.165) is 34.0 Å². The maximum absolute atomic E-state index is 14.2. The van der Waals surface area contributed by atoms with E-state index in [1.165, 1.54) is 42.9 Å². The molecule has 0 spiro atoms. The van der Waals surface area contributed by atoms with Crippen LogP contribution in [0.15, 0.2) is 108 Å². The molecule has 1 unspecified atom stereocenters. The number of fused-ring (bicyclic) bond motifs is 1. The number of methoxy groups -OCH3 is 2. The number of rotatable bonds is 13. The van der Waals surface area contributed by atoms with E-state index in [-0.39, 0.29) is 18.4 Å². The number of nitrogens with one attached hydrogen (secondary N) is 2. The number of benzene rings is 4. The molecule has 2 N–H and O–H groups in total. The molecule has 51 heavy (non-hydrogen) atoms. The van der Waals surface area contributed by atoms with Crippen LogP contribution in [0.3, 0.4) is 0 Å². The monoisotopic (exact) mass is 721 g/mol. The molecule has 1 atom stereocenters.